The van der Waals surface area contributed by atoms with Crippen molar-refractivity contribution in [2.45, 2.75) is 25.6 Å². The quantitative estimate of drug-likeness (QED) is 0.394. The van der Waals surface area contributed by atoms with Gasteiger partial charge in [0.1, 0.15) is 35.2 Å². The average molecular weight is 400 g/mol. The van der Waals surface area contributed by atoms with E-state index < -0.39 is 35.1 Å². The van der Waals surface area contributed by atoms with Gasteiger partial charge in [0.2, 0.25) is 0 Å². The van der Waals surface area contributed by atoms with Crippen molar-refractivity contribution in [3.63, 3.8) is 0 Å². The number of phenols is 2. The first-order chi connectivity index (χ1) is 13.6. The van der Waals surface area contributed by atoms with E-state index in [4.69, 9.17) is 9.47 Å². The van der Waals surface area contributed by atoms with Crippen molar-refractivity contribution in [3.8, 4) is 11.5 Å². The highest BCUT2D eigenvalue weighted by Crippen LogP contribution is 2.38. The van der Waals surface area contributed by atoms with Gasteiger partial charge in [-0.05, 0) is 55.4 Å². The summed E-state index contributed by atoms with van der Waals surface area (Å²) >= 11 is 0. The number of esters is 1. The van der Waals surface area contributed by atoms with Crippen LogP contribution in [0.3, 0.4) is 0 Å². The number of aldehydes is 1. The van der Waals surface area contributed by atoms with Crippen molar-refractivity contribution in [1.29, 1.82) is 0 Å². The second kappa shape index (κ2) is 7.56. The minimum absolute atomic E-state index is 0.00276. The summed E-state index contributed by atoms with van der Waals surface area (Å²) in [6, 6.07) is 2.28. The lowest BCUT2D eigenvalue weighted by atomic mass is 9.75. The number of hydrogen-bond acceptors (Lipinski definition) is 8. The molecule has 0 aromatic heterocycles. The normalized spacial score (nSPS) is 26.2. The van der Waals surface area contributed by atoms with Gasteiger partial charge in [-0.15, -0.1) is 0 Å². The van der Waals surface area contributed by atoms with Crippen LogP contribution >= 0.6 is 0 Å². The Kier molecular flexibility index (Phi) is 5.30. The fourth-order valence-electron chi connectivity index (χ4n) is 3.45. The number of rotatable bonds is 4. The maximum absolute atomic E-state index is 12.7. The minimum Gasteiger partial charge on any atom is -0.508 e. The zero-order chi connectivity index (χ0) is 21.3. The number of fused-ring (bicyclic) bond motifs is 1. The van der Waals surface area contributed by atoms with E-state index in [-0.39, 0.29) is 23.5 Å². The fourth-order valence-corrected chi connectivity index (χ4v) is 3.45. The molecular weight excluding hydrogens is 380 g/mol. The number of aromatic hydroxyl groups is 2. The van der Waals surface area contributed by atoms with Crippen molar-refractivity contribution >= 4 is 18.0 Å². The largest absolute Gasteiger partial charge is 0.508 e. The van der Waals surface area contributed by atoms with Gasteiger partial charge in [0.05, 0.1) is 12.5 Å². The Hall–Kier alpha value is -3.39. The number of ketones is 1. The summed E-state index contributed by atoms with van der Waals surface area (Å²) in [4.78, 5) is 35.7. The van der Waals surface area contributed by atoms with Crippen LogP contribution in [0.4, 0.5) is 0 Å². The molecule has 2 aliphatic rings. The summed E-state index contributed by atoms with van der Waals surface area (Å²) in [5, 5.41) is 30.3. The van der Waals surface area contributed by atoms with Crippen LogP contribution in [0.2, 0.25) is 0 Å². The molecule has 0 saturated carbocycles. The number of ether oxygens (including phenoxy) is 2. The van der Waals surface area contributed by atoms with Gasteiger partial charge in [0.25, 0.3) is 0 Å². The van der Waals surface area contributed by atoms with Gasteiger partial charge < -0.3 is 24.8 Å². The van der Waals surface area contributed by atoms with Crippen molar-refractivity contribution in [3.05, 3.63) is 58.9 Å². The van der Waals surface area contributed by atoms with Crippen molar-refractivity contribution in [1.82, 2.24) is 0 Å². The number of phenolic OH excluding ortho intramolecular Hbond substituents is 2. The first-order valence-corrected chi connectivity index (χ1v) is 8.83. The maximum Gasteiger partial charge on any atom is 0.342 e. The molecule has 0 spiro atoms. The summed E-state index contributed by atoms with van der Waals surface area (Å²) in [6.45, 7) is 2.75. The number of hydrogen-bond donors (Lipinski definition) is 3. The molecule has 152 valence electrons. The molecule has 3 rings (SSSR count). The molecule has 8 nitrogen and oxygen atoms in total. The molecule has 1 heterocycles. The first-order valence-electron chi connectivity index (χ1n) is 8.83. The Morgan fingerprint density at radius 3 is 2.69 bits per heavy atom. The smallest absolute Gasteiger partial charge is 0.342 e. The summed E-state index contributed by atoms with van der Waals surface area (Å²) in [5.74, 6) is -2.58. The minimum atomic E-state index is -2.00. The Morgan fingerprint density at radius 2 is 2.03 bits per heavy atom. The van der Waals surface area contributed by atoms with Crippen molar-refractivity contribution < 1.29 is 39.2 Å². The highest BCUT2D eigenvalue weighted by Gasteiger charge is 2.51. The lowest BCUT2D eigenvalue weighted by Gasteiger charge is -2.41. The summed E-state index contributed by atoms with van der Waals surface area (Å²) in [7, 11) is 0. The van der Waals surface area contributed by atoms with Gasteiger partial charge in [-0.2, -0.15) is 0 Å². The second-order valence-electron chi connectivity index (χ2n) is 7.10. The predicted octanol–water partition coefficient (Wildman–Crippen LogP) is 1.48. The topological polar surface area (TPSA) is 130 Å². The average Bonchev–Trinajstić information content (AvgIpc) is 2.63. The highest BCUT2D eigenvalue weighted by molar-refractivity contribution is 6.00. The molecule has 0 fully saturated rings. The molecule has 0 saturated heterocycles. The van der Waals surface area contributed by atoms with Crippen molar-refractivity contribution in [2.24, 2.45) is 5.92 Å². The number of carbonyl (C=O) groups is 3. The zero-order valence-electron chi connectivity index (χ0n) is 15.8. The molecule has 3 N–H and O–H groups in total. The maximum atomic E-state index is 12.7. The lowest BCUT2D eigenvalue weighted by molar-refractivity contribution is -0.151. The number of aliphatic hydroxyl groups is 1. The van der Waals surface area contributed by atoms with Gasteiger partial charge in [0, 0.05) is 6.07 Å². The van der Waals surface area contributed by atoms with Crippen LogP contribution in [0.15, 0.2) is 47.8 Å². The number of carbonyl (C=O) groups excluding carboxylic acids is 3. The second-order valence-corrected chi connectivity index (χ2v) is 7.10. The molecule has 29 heavy (non-hydrogen) atoms. The lowest BCUT2D eigenvalue weighted by Crippen LogP contribution is -2.56. The van der Waals surface area contributed by atoms with E-state index in [0.717, 1.165) is 6.07 Å². The van der Waals surface area contributed by atoms with Crippen molar-refractivity contribution in [2.75, 3.05) is 6.61 Å². The Balaban J connectivity index is 1.95. The van der Waals surface area contributed by atoms with Gasteiger partial charge >= 0.3 is 5.97 Å². The molecule has 1 aliphatic carbocycles. The Labute approximate surface area is 166 Å². The monoisotopic (exact) mass is 400 g/mol. The molecular formula is C21H20O8. The van der Waals surface area contributed by atoms with E-state index in [2.05, 4.69) is 0 Å². The fraction of sp³-hybridized carbons (Fsp3) is 0.286. The standard InChI is InChI=1S/C21H20O8/c1-11-6-13(23)9-16(24)18(11)20(26)29-19-15-10-28-14(4-3-5-22)7-12(15)8-17(25)21(19,2)27/h3-9,15,19,23-24,27H,10H2,1-2H3/b4-3+/t15-,19+,21-/m1/s1. The number of benzene rings is 1. The summed E-state index contributed by atoms with van der Waals surface area (Å²) < 4.78 is 11.0. The Morgan fingerprint density at radius 1 is 1.31 bits per heavy atom. The van der Waals surface area contributed by atoms with Gasteiger partial charge in [-0.1, -0.05) is 0 Å². The van der Waals surface area contributed by atoms with Crippen LogP contribution in [0, 0.1) is 12.8 Å². The number of allylic oxidation sites excluding steroid dienone is 3. The molecule has 1 aromatic rings. The third-order valence-electron chi connectivity index (χ3n) is 4.96. The van der Waals surface area contributed by atoms with E-state index >= 15 is 0 Å². The van der Waals surface area contributed by atoms with Gasteiger partial charge in [0.15, 0.2) is 11.4 Å². The SMILES string of the molecule is Cc1cc(O)cc(O)c1C(=O)O[C@H]1[C@@H]2COC(/C=C/C=O)=CC2=CC(=O)[C@@]1(C)O. The molecule has 0 unspecified atom stereocenters. The molecule has 0 amide bonds. The first kappa shape index (κ1) is 20.3. The van der Waals surface area contributed by atoms with Crippen LogP contribution in [0.25, 0.3) is 0 Å². The van der Waals surface area contributed by atoms with E-state index in [0.29, 0.717) is 17.6 Å². The molecule has 3 atom stereocenters. The molecule has 0 radical (unpaired) electrons. The highest BCUT2D eigenvalue weighted by atomic mass is 16.6. The molecule has 1 aromatic carbocycles. The van der Waals surface area contributed by atoms with Crippen LogP contribution in [0.1, 0.15) is 22.8 Å². The molecule has 8 heteroatoms. The van der Waals surface area contributed by atoms with E-state index in [9.17, 15) is 29.7 Å². The van der Waals surface area contributed by atoms with Gasteiger partial charge in [-0.25, -0.2) is 4.79 Å². The van der Waals surface area contributed by atoms with Crippen LogP contribution in [-0.2, 0) is 19.1 Å². The third-order valence-corrected chi connectivity index (χ3v) is 4.96. The van der Waals surface area contributed by atoms with Crippen LogP contribution in [-0.4, -0.2) is 51.7 Å². The molecule has 0 bridgehead atoms. The van der Waals surface area contributed by atoms with Crippen LogP contribution in [0.5, 0.6) is 11.5 Å². The van der Waals surface area contributed by atoms with E-state index in [1.54, 1.807) is 0 Å². The number of aryl methyl sites for hydroxylation is 1. The third kappa shape index (κ3) is 3.79. The van der Waals surface area contributed by atoms with E-state index in [1.165, 1.54) is 44.2 Å². The van der Waals surface area contributed by atoms with E-state index in [1.807, 2.05) is 0 Å². The zero-order valence-corrected chi connectivity index (χ0v) is 15.8. The van der Waals surface area contributed by atoms with Crippen LogP contribution < -0.4 is 0 Å². The molecule has 1 aliphatic heterocycles. The summed E-state index contributed by atoms with van der Waals surface area (Å²) in [5.41, 5.74) is -1.42. The predicted molar refractivity (Wildman–Crippen MR) is 100 cm³/mol. The Bertz CT molecular complexity index is 944. The summed E-state index contributed by atoms with van der Waals surface area (Å²) in [6.07, 6.45) is 4.77. The van der Waals surface area contributed by atoms with Gasteiger partial charge in [-0.3, -0.25) is 9.59 Å².